The summed E-state index contributed by atoms with van der Waals surface area (Å²) in [6.07, 6.45) is 5.82. The number of benzene rings is 1. The summed E-state index contributed by atoms with van der Waals surface area (Å²) in [5, 5.41) is 2.88. The van der Waals surface area contributed by atoms with E-state index < -0.39 is 0 Å². The molecule has 1 aliphatic rings. The number of carbonyl (C=O) groups is 2. The van der Waals surface area contributed by atoms with E-state index >= 15 is 0 Å². The summed E-state index contributed by atoms with van der Waals surface area (Å²) < 4.78 is 5.12. The normalized spacial score (nSPS) is 16.0. The largest absolute Gasteiger partial charge is 0.497 e. The van der Waals surface area contributed by atoms with Gasteiger partial charge in [0.25, 0.3) is 0 Å². The first-order chi connectivity index (χ1) is 13.0. The van der Waals surface area contributed by atoms with E-state index in [1.54, 1.807) is 31.4 Å². The highest BCUT2D eigenvalue weighted by Crippen LogP contribution is 2.22. The third-order valence-corrected chi connectivity index (χ3v) is 5.50. The van der Waals surface area contributed by atoms with Crippen LogP contribution in [0.1, 0.15) is 46.0 Å². The summed E-state index contributed by atoms with van der Waals surface area (Å²) in [7, 11) is 3.51. The minimum absolute atomic E-state index is 0.0981. The smallest absolute Gasteiger partial charge is 0.239 e. The number of ether oxygens (including phenoxy) is 1. The van der Waals surface area contributed by atoms with Gasteiger partial charge in [0.1, 0.15) is 5.75 Å². The molecule has 0 aromatic heterocycles. The molecule has 0 radical (unpaired) electrons. The molecular weight excluding hydrogens is 342 g/mol. The third kappa shape index (κ3) is 5.96. The molecule has 0 saturated heterocycles. The molecule has 150 valence electrons. The summed E-state index contributed by atoms with van der Waals surface area (Å²) in [6, 6.07) is 7.23. The SMILES string of the molecule is CCN(CC(=O)Nc1ccc(OC)cc1)[C@@H](C)C(=O)N(C)C1CCCCC1. The lowest BCUT2D eigenvalue weighted by atomic mass is 9.94. The van der Waals surface area contributed by atoms with Gasteiger partial charge in [-0.05, 0) is 50.6 Å². The van der Waals surface area contributed by atoms with E-state index in [2.05, 4.69) is 5.32 Å². The maximum Gasteiger partial charge on any atom is 0.239 e. The lowest BCUT2D eigenvalue weighted by Gasteiger charge is -2.35. The van der Waals surface area contributed by atoms with Crippen molar-refractivity contribution >= 4 is 17.5 Å². The Bertz CT molecular complexity index is 612. The van der Waals surface area contributed by atoms with Crippen LogP contribution < -0.4 is 10.1 Å². The van der Waals surface area contributed by atoms with Crippen molar-refractivity contribution in [3.05, 3.63) is 24.3 Å². The fraction of sp³-hybridized carbons (Fsp3) is 0.619. The zero-order chi connectivity index (χ0) is 19.8. The van der Waals surface area contributed by atoms with Crippen LogP contribution in [0.15, 0.2) is 24.3 Å². The molecule has 0 spiro atoms. The van der Waals surface area contributed by atoms with Crippen LogP contribution >= 0.6 is 0 Å². The monoisotopic (exact) mass is 375 g/mol. The van der Waals surface area contributed by atoms with Crippen LogP contribution in [0.4, 0.5) is 5.69 Å². The Labute approximate surface area is 162 Å². The molecule has 2 amide bonds. The molecule has 0 bridgehead atoms. The van der Waals surface area contributed by atoms with Gasteiger partial charge in [-0.15, -0.1) is 0 Å². The number of amides is 2. The van der Waals surface area contributed by atoms with E-state index in [0.29, 0.717) is 12.6 Å². The van der Waals surface area contributed by atoms with E-state index in [9.17, 15) is 9.59 Å². The molecule has 1 aromatic carbocycles. The van der Waals surface area contributed by atoms with Crippen LogP contribution in [0.2, 0.25) is 0 Å². The highest BCUT2D eigenvalue weighted by molar-refractivity contribution is 5.93. The third-order valence-electron chi connectivity index (χ3n) is 5.50. The van der Waals surface area contributed by atoms with Crippen molar-refractivity contribution in [3.8, 4) is 5.75 Å². The number of anilines is 1. The van der Waals surface area contributed by atoms with Gasteiger partial charge in [-0.1, -0.05) is 26.2 Å². The highest BCUT2D eigenvalue weighted by Gasteiger charge is 2.29. The molecule has 27 heavy (non-hydrogen) atoms. The predicted octanol–water partition coefficient (Wildman–Crippen LogP) is 3.14. The molecule has 1 N–H and O–H groups in total. The maximum atomic E-state index is 12.9. The Kier molecular flexibility index (Phi) is 8.10. The van der Waals surface area contributed by atoms with E-state index in [1.165, 1.54) is 19.3 Å². The van der Waals surface area contributed by atoms with Gasteiger partial charge in [0.2, 0.25) is 11.8 Å². The van der Waals surface area contributed by atoms with Gasteiger partial charge in [-0.25, -0.2) is 0 Å². The number of hydrogen-bond donors (Lipinski definition) is 1. The number of nitrogens with zero attached hydrogens (tertiary/aromatic N) is 2. The van der Waals surface area contributed by atoms with Crippen LogP contribution in [0, 0.1) is 0 Å². The number of hydrogen-bond acceptors (Lipinski definition) is 4. The van der Waals surface area contributed by atoms with Crippen molar-refractivity contribution in [2.45, 2.75) is 58.0 Å². The standard InChI is InChI=1S/C21H33N3O3/c1-5-24(15-20(25)22-17-11-13-19(27-4)14-12-17)16(2)21(26)23(3)18-9-7-6-8-10-18/h11-14,16,18H,5-10,15H2,1-4H3,(H,22,25)/t16-/m0/s1. The highest BCUT2D eigenvalue weighted by atomic mass is 16.5. The molecule has 1 saturated carbocycles. The van der Waals surface area contributed by atoms with Crippen LogP contribution in [0.5, 0.6) is 5.75 Å². The zero-order valence-corrected chi connectivity index (χ0v) is 17.0. The molecule has 6 heteroatoms. The Morgan fingerprint density at radius 2 is 1.81 bits per heavy atom. The van der Waals surface area contributed by atoms with Gasteiger partial charge in [-0.3, -0.25) is 14.5 Å². The van der Waals surface area contributed by atoms with Crippen LogP contribution in [0.3, 0.4) is 0 Å². The van der Waals surface area contributed by atoms with Crippen molar-refractivity contribution in [3.63, 3.8) is 0 Å². The molecule has 1 aromatic rings. The number of rotatable bonds is 8. The minimum Gasteiger partial charge on any atom is -0.497 e. The summed E-state index contributed by atoms with van der Waals surface area (Å²) >= 11 is 0. The molecule has 0 unspecified atom stereocenters. The second-order valence-electron chi connectivity index (χ2n) is 7.26. The number of likely N-dealkylation sites (N-methyl/N-ethyl adjacent to an activating group) is 2. The second-order valence-corrected chi connectivity index (χ2v) is 7.26. The van der Waals surface area contributed by atoms with Crippen molar-refractivity contribution in [2.24, 2.45) is 0 Å². The van der Waals surface area contributed by atoms with Gasteiger partial charge in [0, 0.05) is 18.8 Å². The molecule has 6 nitrogen and oxygen atoms in total. The molecule has 1 fully saturated rings. The van der Waals surface area contributed by atoms with Crippen LogP contribution in [0.25, 0.3) is 0 Å². The number of carbonyl (C=O) groups excluding carboxylic acids is 2. The van der Waals surface area contributed by atoms with E-state index in [1.807, 2.05) is 30.7 Å². The lowest BCUT2D eigenvalue weighted by Crippen LogP contribution is -2.51. The molecule has 2 rings (SSSR count). The number of methoxy groups -OCH3 is 1. The summed E-state index contributed by atoms with van der Waals surface area (Å²) in [5.41, 5.74) is 0.718. The van der Waals surface area contributed by atoms with Crippen molar-refractivity contribution in [1.82, 2.24) is 9.80 Å². The van der Waals surface area contributed by atoms with Crippen LogP contribution in [-0.4, -0.2) is 60.9 Å². The predicted molar refractivity (Wildman–Crippen MR) is 108 cm³/mol. The Morgan fingerprint density at radius 1 is 1.19 bits per heavy atom. The topological polar surface area (TPSA) is 61.9 Å². The first kappa shape index (κ1) is 21.2. The van der Waals surface area contributed by atoms with Crippen molar-refractivity contribution in [1.29, 1.82) is 0 Å². The molecule has 0 aliphatic heterocycles. The summed E-state index contributed by atoms with van der Waals surface area (Å²) in [6.45, 7) is 4.70. The zero-order valence-electron chi connectivity index (χ0n) is 17.0. The van der Waals surface area contributed by atoms with Gasteiger partial charge >= 0.3 is 0 Å². The molecule has 1 aliphatic carbocycles. The first-order valence-corrected chi connectivity index (χ1v) is 9.90. The molecular formula is C21H33N3O3. The van der Waals surface area contributed by atoms with Crippen molar-refractivity contribution in [2.75, 3.05) is 32.6 Å². The fourth-order valence-electron chi connectivity index (χ4n) is 3.68. The fourth-order valence-corrected chi connectivity index (χ4v) is 3.68. The Balaban J connectivity index is 1.91. The van der Waals surface area contributed by atoms with Gasteiger partial charge < -0.3 is 15.0 Å². The average molecular weight is 376 g/mol. The Hall–Kier alpha value is -2.08. The quantitative estimate of drug-likeness (QED) is 0.758. The summed E-state index contributed by atoms with van der Waals surface area (Å²) in [5.74, 6) is 0.719. The Morgan fingerprint density at radius 3 is 2.37 bits per heavy atom. The van der Waals surface area contributed by atoms with E-state index in [-0.39, 0.29) is 24.4 Å². The molecule has 0 heterocycles. The minimum atomic E-state index is -0.316. The summed E-state index contributed by atoms with van der Waals surface area (Å²) in [4.78, 5) is 29.1. The molecule has 1 atom stereocenters. The second kappa shape index (κ2) is 10.3. The van der Waals surface area contributed by atoms with E-state index in [0.717, 1.165) is 24.3 Å². The van der Waals surface area contributed by atoms with Gasteiger partial charge in [0.05, 0.1) is 19.7 Å². The van der Waals surface area contributed by atoms with E-state index in [4.69, 9.17) is 4.74 Å². The lowest BCUT2D eigenvalue weighted by molar-refractivity contribution is -0.138. The van der Waals surface area contributed by atoms with Gasteiger partial charge in [0.15, 0.2) is 0 Å². The van der Waals surface area contributed by atoms with Crippen molar-refractivity contribution < 1.29 is 14.3 Å². The van der Waals surface area contributed by atoms with Crippen LogP contribution in [-0.2, 0) is 9.59 Å². The first-order valence-electron chi connectivity index (χ1n) is 9.90. The average Bonchev–Trinajstić information content (AvgIpc) is 2.71. The maximum absolute atomic E-state index is 12.9. The van der Waals surface area contributed by atoms with Gasteiger partial charge in [-0.2, -0.15) is 0 Å². The number of nitrogens with one attached hydrogen (secondary N) is 1.